The Hall–Kier alpha value is -3.97. The van der Waals surface area contributed by atoms with E-state index < -0.39 is 11.0 Å². The predicted molar refractivity (Wildman–Crippen MR) is 122 cm³/mol. The lowest BCUT2D eigenvalue weighted by molar-refractivity contribution is -0.384. The van der Waals surface area contributed by atoms with Crippen molar-refractivity contribution in [3.05, 3.63) is 110 Å². The first-order chi connectivity index (χ1) is 15.4. The Balaban J connectivity index is 1.70. The van der Waals surface area contributed by atoms with Crippen molar-refractivity contribution >= 4 is 28.9 Å². The first kappa shape index (κ1) is 20.0. The summed E-state index contributed by atoms with van der Waals surface area (Å²) in [6.07, 6.45) is 0. The molecule has 7 nitrogen and oxygen atoms in total. The molecule has 1 aromatic heterocycles. The Kier molecular flexibility index (Phi) is 4.75. The Labute approximate surface area is 188 Å². The Morgan fingerprint density at radius 1 is 1.00 bits per heavy atom. The van der Waals surface area contributed by atoms with Crippen molar-refractivity contribution < 1.29 is 9.72 Å². The number of rotatable bonds is 4. The molecule has 0 saturated carbocycles. The van der Waals surface area contributed by atoms with Gasteiger partial charge in [-0.25, -0.2) is 0 Å². The van der Waals surface area contributed by atoms with Crippen molar-refractivity contribution in [2.45, 2.75) is 13.0 Å². The molecule has 3 aromatic carbocycles. The van der Waals surface area contributed by atoms with Gasteiger partial charge in [0.25, 0.3) is 11.6 Å². The number of fused-ring (bicyclic) bond motifs is 1. The molecule has 8 heteroatoms. The molecule has 1 N–H and O–H groups in total. The van der Waals surface area contributed by atoms with Gasteiger partial charge in [-0.2, -0.15) is 5.10 Å². The molecule has 0 bridgehead atoms. The van der Waals surface area contributed by atoms with Gasteiger partial charge in [0, 0.05) is 34.0 Å². The van der Waals surface area contributed by atoms with E-state index in [4.69, 9.17) is 11.6 Å². The van der Waals surface area contributed by atoms with Gasteiger partial charge in [-0.1, -0.05) is 41.4 Å². The number of benzene rings is 3. The fourth-order valence-corrected chi connectivity index (χ4v) is 4.17. The van der Waals surface area contributed by atoms with Gasteiger partial charge in [0.05, 0.1) is 16.7 Å². The third-order valence-corrected chi connectivity index (χ3v) is 5.87. The monoisotopic (exact) mass is 444 g/mol. The average Bonchev–Trinajstić information content (AvgIpc) is 3.34. The van der Waals surface area contributed by atoms with E-state index in [0.29, 0.717) is 22.1 Å². The molecule has 0 radical (unpaired) electrons. The van der Waals surface area contributed by atoms with Gasteiger partial charge < -0.3 is 0 Å². The Morgan fingerprint density at radius 2 is 1.66 bits per heavy atom. The number of hydrogen-bond acceptors (Lipinski definition) is 4. The minimum atomic E-state index is -0.505. The molecular weight excluding hydrogens is 428 g/mol. The van der Waals surface area contributed by atoms with E-state index >= 15 is 0 Å². The summed E-state index contributed by atoms with van der Waals surface area (Å²) >= 11 is 6.06. The second-order valence-corrected chi connectivity index (χ2v) is 8.07. The zero-order chi connectivity index (χ0) is 22.4. The van der Waals surface area contributed by atoms with E-state index in [1.54, 1.807) is 41.3 Å². The summed E-state index contributed by atoms with van der Waals surface area (Å²) in [5, 5.41) is 19.1. The number of nitro benzene ring substituents is 1. The lowest BCUT2D eigenvalue weighted by Crippen LogP contribution is -2.29. The molecule has 1 atom stereocenters. The lowest BCUT2D eigenvalue weighted by Gasteiger charge is -2.26. The van der Waals surface area contributed by atoms with Crippen molar-refractivity contribution in [1.82, 2.24) is 10.2 Å². The van der Waals surface area contributed by atoms with Gasteiger partial charge >= 0.3 is 0 Å². The summed E-state index contributed by atoms with van der Waals surface area (Å²) in [6, 6.07) is 20.7. The summed E-state index contributed by atoms with van der Waals surface area (Å²) in [5.74, 6) is -0.225. The van der Waals surface area contributed by atoms with Gasteiger partial charge in [-0.3, -0.25) is 24.9 Å². The van der Waals surface area contributed by atoms with Crippen LogP contribution in [0.4, 0.5) is 11.4 Å². The highest BCUT2D eigenvalue weighted by Crippen LogP contribution is 2.45. The number of anilines is 1. The first-order valence-corrected chi connectivity index (χ1v) is 10.3. The molecule has 0 fully saturated rings. The van der Waals surface area contributed by atoms with Crippen molar-refractivity contribution in [2.75, 3.05) is 4.90 Å². The number of non-ortho nitro benzene ring substituents is 1. The maximum absolute atomic E-state index is 13.5. The van der Waals surface area contributed by atoms with Crippen LogP contribution in [0.3, 0.4) is 0 Å². The smallest absolute Gasteiger partial charge is 0.277 e. The molecule has 1 aliphatic heterocycles. The molecular formula is C24H17ClN4O3. The number of nitro groups is 1. The topological polar surface area (TPSA) is 92.1 Å². The number of halogens is 1. The van der Waals surface area contributed by atoms with Crippen LogP contribution in [0.1, 0.15) is 33.2 Å². The number of H-pyrrole nitrogens is 1. The van der Waals surface area contributed by atoms with Gasteiger partial charge in [0.1, 0.15) is 5.69 Å². The first-order valence-electron chi connectivity index (χ1n) is 9.93. The van der Waals surface area contributed by atoms with Crippen LogP contribution >= 0.6 is 11.6 Å². The number of aryl methyl sites for hydroxylation is 1. The molecule has 4 aromatic rings. The largest absolute Gasteiger partial charge is 0.295 e. The van der Waals surface area contributed by atoms with Gasteiger partial charge in [0.2, 0.25) is 0 Å². The number of nitrogens with zero attached hydrogens (tertiary/aromatic N) is 3. The second kappa shape index (κ2) is 7.62. The van der Waals surface area contributed by atoms with Crippen LogP contribution in [-0.4, -0.2) is 21.0 Å². The summed E-state index contributed by atoms with van der Waals surface area (Å²) in [4.78, 5) is 25.8. The number of aromatic amines is 1. The minimum Gasteiger partial charge on any atom is -0.295 e. The fourth-order valence-electron chi connectivity index (χ4n) is 4.04. The summed E-state index contributed by atoms with van der Waals surface area (Å²) in [6.45, 7) is 2.00. The van der Waals surface area contributed by atoms with E-state index in [-0.39, 0.29) is 11.6 Å². The van der Waals surface area contributed by atoms with Crippen molar-refractivity contribution in [2.24, 2.45) is 0 Å². The molecule has 1 amide bonds. The van der Waals surface area contributed by atoms with Crippen LogP contribution in [0.25, 0.3) is 11.3 Å². The van der Waals surface area contributed by atoms with Crippen LogP contribution < -0.4 is 4.90 Å². The molecule has 0 aliphatic carbocycles. The van der Waals surface area contributed by atoms with E-state index in [1.165, 1.54) is 12.1 Å². The standard InChI is InChI=1S/C24H17ClN4O3/c1-14-2-4-15(5-3-14)21-20-22(27-26-21)24(30)28(18-12-8-17(25)9-13-18)23(20)16-6-10-19(11-7-16)29(31)32/h2-13,23H,1H3,(H,26,27)/t23-/m0/s1. The van der Waals surface area contributed by atoms with Crippen LogP contribution in [0.15, 0.2) is 72.8 Å². The molecule has 0 spiro atoms. The summed E-state index contributed by atoms with van der Waals surface area (Å²) < 4.78 is 0. The summed E-state index contributed by atoms with van der Waals surface area (Å²) in [5.41, 5.74) is 5.21. The molecule has 0 unspecified atom stereocenters. The van der Waals surface area contributed by atoms with E-state index in [9.17, 15) is 14.9 Å². The van der Waals surface area contributed by atoms with Crippen LogP contribution in [0.2, 0.25) is 5.02 Å². The van der Waals surface area contributed by atoms with Gasteiger partial charge in [-0.15, -0.1) is 0 Å². The molecule has 1 aliphatic rings. The van der Waals surface area contributed by atoms with E-state index in [2.05, 4.69) is 10.2 Å². The van der Waals surface area contributed by atoms with Crippen LogP contribution in [0.5, 0.6) is 0 Å². The Morgan fingerprint density at radius 3 is 2.28 bits per heavy atom. The number of amides is 1. The predicted octanol–water partition coefficient (Wildman–Crippen LogP) is 5.70. The summed E-state index contributed by atoms with van der Waals surface area (Å²) in [7, 11) is 0. The number of carbonyl (C=O) groups is 1. The minimum absolute atomic E-state index is 0.0118. The molecule has 0 saturated heterocycles. The number of nitrogens with one attached hydrogen (secondary N) is 1. The van der Waals surface area contributed by atoms with Crippen LogP contribution in [-0.2, 0) is 0 Å². The molecule has 158 valence electrons. The third-order valence-electron chi connectivity index (χ3n) is 5.62. The van der Waals surface area contributed by atoms with E-state index in [0.717, 1.165) is 22.3 Å². The second-order valence-electron chi connectivity index (χ2n) is 7.63. The van der Waals surface area contributed by atoms with Crippen LogP contribution in [0, 0.1) is 17.0 Å². The highest BCUT2D eigenvalue weighted by atomic mass is 35.5. The zero-order valence-corrected chi connectivity index (χ0v) is 17.7. The van der Waals surface area contributed by atoms with Crippen molar-refractivity contribution in [1.29, 1.82) is 0 Å². The van der Waals surface area contributed by atoms with Crippen molar-refractivity contribution in [3.63, 3.8) is 0 Å². The molecule has 5 rings (SSSR count). The van der Waals surface area contributed by atoms with Crippen molar-refractivity contribution in [3.8, 4) is 11.3 Å². The SMILES string of the molecule is Cc1ccc(-c2n[nH]c3c2[C@H](c2ccc([N+](=O)[O-])cc2)N(c2ccc(Cl)cc2)C3=O)cc1. The number of carbonyl (C=O) groups excluding carboxylic acids is 1. The normalized spacial score (nSPS) is 15.1. The molecule has 32 heavy (non-hydrogen) atoms. The number of hydrogen-bond donors (Lipinski definition) is 1. The molecule has 2 heterocycles. The lowest BCUT2D eigenvalue weighted by atomic mass is 9.95. The van der Waals surface area contributed by atoms with Gasteiger partial charge in [0.15, 0.2) is 0 Å². The van der Waals surface area contributed by atoms with Gasteiger partial charge in [-0.05, 0) is 48.9 Å². The maximum atomic E-state index is 13.5. The fraction of sp³-hybridized carbons (Fsp3) is 0.0833. The average molecular weight is 445 g/mol. The number of aromatic nitrogens is 2. The quantitative estimate of drug-likeness (QED) is 0.323. The third kappa shape index (κ3) is 3.23. The highest BCUT2D eigenvalue weighted by Gasteiger charge is 2.43. The van der Waals surface area contributed by atoms with E-state index in [1.807, 2.05) is 31.2 Å². The highest BCUT2D eigenvalue weighted by molar-refractivity contribution is 6.30. The Bertz CT molecular complexity index is 1330. The maximum Gasteiger partial charge on any atom is 0.277 e. The zero-order valence-electron chi connectivity index (χ0n) is 16.9.